The highest BCUT2D eigenvalue weighted by Gasteiger charge is 2.13. The first-order valence-corrected chi connectivity index (χ1v) is 11.0. The van der Waals surface area contributed by atoms with Crippen LogP contribution in [0.4, 0.5) is 0 Å². The zero-order valence-electron chi connectivity index (χ0n) is 17.6. The number of aliphatic imine (C=N–C) groups is 1. The van der Waals surface area contributed by atoms with Gasteiger partial charge < -0.3 is 20.1 Å². The number of halogens is 1. The standard InChI is InChI=1S/C21H29N3O4S.HI/c1-17-9-10-18(20(15-17)28-13-12-27-3)16-24-21(22-2)23-11-14-29(25,26)19-7-5-4-6-8-19;/h4-10,15H,11-14,16H2,1-3H3,(H2,22,23,24);1H. The number of hydrogen-bond acceptors (Lipinski definition) is 5. The van der Waals surface area contributed by atoms with Crippen molar-refractivity contribution in [3.8, 4) is 5.75 Å². The molecule has 0 aromatic heterocycles. The highest BCUT2D eigenvalue weighted by molar-refractivity contribution is 14.0. The third-order valence-corrected chi connectivity index (χ3v) is 5.94. The van der Waals surface area contributed by atoms with Gasteiger partial charge in [-0.15, -0.1) is 24.0 Å². The Bertz CT molecular complexity index is 906. The van der Waals surface area contributed by atoms with Crippen molar-refractivity contribution >= 4 is 39.8 Å². The van der Waals surface area contributed by atoms with Crippen molar-refractivity contribution < 1.29 is 17.9 Å². The Morgan fingerprint density at radius 3 is 2.47 bits per heavy atom. The summed E-state index contributed by atoms with van der Waals surface area (Å²) < 4.78 is 35.5. The molecule has 0 saturated heterocycles. The van der Waals surface area contributed by atoms with Crippen molar-refractivity contribution in [2.75, 3.05) is 39.7 Å². The van der Waals surface area contributed by atoms with E-state index in [2.05, 4.69) is 15.6 Å². The number of aryl methyl sites for hydroxylation is 1. The molecule has 0 atom stereocenters. The van der Waals surface area contributed by atoms with E-state index in [0.717, 1.165) is 16.9 Å². The summed E-state index contributed by atoms with van der Waals surface area (Å²) in [6.45, 7) is 3.74. The first-order valence-electron chi connectivity index (χ1n) is 9.40. The van der Waals surface area contributed by atoms with E-state index in [9.17, 15) is 8.42 Å². The molecule has 0 fully saturated rings. The number of methoxy groups -OCH3 is 1. The maximum atomic E-state index is 12.4. The Balaban J connectivity index is 0.00000450. The van der Waals surface area contributed by atoms with Gasteiger partial charge in [-0.1, -0.05) is 30.3 Å². The Kier molecular flexibility index (Phi) is 11.7. The molecule has 0 spiro atoms. The first kappa shape index (κ1) is 26.2. The number of benzene rings is 2. The van der Waals surface area contributed by atoms with Crippen molar-refractivity contribution in [2.45, 2.75) is 18.4 Å². The molecule has 7 nitrogen and oxygen atoms in total. The van der Waals surface area contributed by atoms with Gasteiger partial charge in [-0.05, 0) is 30.7 Å². The Labute approximate surface area is 196 Å². The summed E-state index contributed by atoms with van der Waals surface area (Å²) >= 11 is 0. The van der Waals surface area contributed by atoms with E-state index in [-0.39, 0.29) is 36.3 Å². The minimum absolute atomic E-state index is 0. The van der Waals surface area contributed by atoms with Crippen LogP contribution in [0, 0.1) is 6.92 Å². The summed E-state index contributed by atoms with van der Waals surface area (Å²) in [6.07, 6.45) is 0. The van der Waals surface area contributed by atoms with Crippen LogP contribution < -0.4 is 15.4 Å². The molecular formula is C21H30IN3O4S. The minimum Gasteiger partial charge on any atom is -0.491 e. The summed E-state index contributed by atoms with van der Waals surface area (Å²) in [5.41, 5.74) is 2.08. The molecule has 0 amide bonds. The van der Waals surface area contributed by atoms with E-state index in [1.807, 2.05) is 25.1 Å². The van der Waals surface area contributed by atoms with Crippen LogP contribution in [0.2, 0.25) is 0 Å². The highest BCUT2D eigenvalue weighted by Crippen LogP contribution is 2.20. The van der Waals surface area contributed by atoms with Gasteiger partial charge in [0.15, 0.2) is 15.8 Å². The van der Waals surface area contributed by atoms with Crippen molar-refractivity contribution in [1.82, 2.24) is 10.6 Å². The number of guanidine groups is 1. The fourth-order valence-corrected chi connectivity index (χ4v) is 3.80. The predicted octanol–water partition coefficient (Wildman–Crippen LogP) is 2.78. The third kappa shape index (κ3) is 8.49. The lowest BCUT2D eigenvalue weighted by atomic mass is 10.1. The van der Waals surface area contributed by atoms with Crippen molar-refractivity contribution in [2.24, 2.45) is 4.99 Å². The van der Waals surface area contributed by atoms with E-state index < -0.39 is 9.84 Å². The highest BCUT2D eigenvalue weighted by atomic mass is 127. The van der Waals surface area contributed by atoms with Crippen LogP contribution in [-0.4, -0.2) is 54.0 Å². The van der Waals surface area contributed by atoms with Crippen LogP contribution in [-0.2, 0) is 21.1 Å². The first-order chi connectivity index (χ1) is 14.0. The second kappa shape index (κ2) is 13.5. The zero-order valence-corrected chi connectivity index (χ0v) is 20.7. The van der Waals surface area contributed by atoms with E-state index >= 15 is 0 Å². The van der Waals surface area contributed by atoms with Crippen LogP contribution in [0.1, 0.15) is 11.1 Å². The average molecular weight is 547 g/mol. The molecule has 2 aromatic rings. The largest absolute Gasteiger partial charge is 0.491 e. The van der Waals surface area contributed by atoms with Gasteiger partial charge in [0.2, 0.25) is 0 Å². The van der Waals surface area contributed by atoms with E-state index in [0.29, 0.717) is 30.6 Å². The van der Waals surface area contributed by atoms with Gasteiger partial charge in [-0.3, -0.25) is 4.99 Å². The molecule has 166 valence electrons. The molecule has 2 N–H and O–H groups in total. The van der Waals surface area contributed by atoms with Crippen LogP contribution in [0.15, 0.2) is 58.4 Å². The van der Waals surface area contributed by atoms with Gasteiger partial charge >= 0.3 is 0 Å². The molecule has 0 aliphatic rings. The maximum absolute atomic E-state index is 12.4. The van der Waals surface area contributed by atoms with Gasteiger partial charge in [0.05, 0.1) is 17.3 Å². The molecule has 30 heavy (non-hydrogen) atoms. The molecule has 0 radical (unpaired) electrons. The number of nitrogens with one attached hydrogen (secondary N) is 2. The summed E-state index contributed by atoms with van der Waals surface area (Å²) in [5.74, 6) is 1.29. The van der Waals surface area contributed by atoms with Crippen molar-refractivity contribution in [3.63, 3.8) is 0 Å². The number of rotatable bonds is 10. The Hall–Kier alpha value is -1.85. The zero-order chi connectivity index (χ0) is 21.1. The van der Waals surface area contributed by atoms with Crippen LogP contribution >= 0.6 is 24.0 Å². The normalized spacial score (nSPS) is 11.5. The van der Waals surface area contributed by atoms with Gasteiger partial charge in [-0.25, -0.2) is 8.42 Å². The third-order valence-electron chi connectivity index (χ3n) is 4.20. The second-order valence-corrected chi connectivity index (χ2v) is 8.55. The lowest BCUT2D eigenvalue weighted by Crippen LogP contribution is -2.39. The molecule has 0 aliphatic heterocycles. The molecule has 2 rings (SSSR count). The predicted molar refractivity (Wildman–Crippen MR) is 131 cm³/mol. The molecule has 0 bridgehead atoms. The number of hydrogen-bond donors (Lipinski definition) is 2. The summed E-state index contributed by atoms with van der Waals surface area (Å²) in [5, 5.41) is 6.24. The van der Waals surface area contributed by atoms with E-state index in [4.69, 9.17) is 9.47 Å². The number of ether oxygens (including phenoxy) is 2. The number of sulfone groups is 1. The van der Waals surface area contributed by atoms with Gasteiger partial charge in [0.1, 0.15) is 12.4 Å². The van der Waals surface area contributed by atoms with Crippen LogP contribution in [0.5, 0.6) is 5.75 Å². The quantitative estimate of drug-likeness (QED) is 0.206. The molecule has 0 saturated carbocycles. The van der Waals surface area contributed by atoms with Gasteiger partial charge in [-0.2, -0.15) is 0 Å². The topological polar surface area (TPSA) is 89.0 Å². The van der Waals surface area contributed by atoms with Crippen LogP contribution in [0.25, 0.3) is 0 Å². The lowest BCUT2D eigenvalue weighted by Gasteiger charge is -2.15. The summed E-state index contributed by atoms with van der Waals surface area (Å²) in [6, 6.07) is 14.4. The molecule has 9 heteroatoms. The van der Waals surface area contributed by atoms with Crippen molar-refractivity contribution in [3.05, 3.63) is 59.7 Å². The smallest absolute Gasteiger partial charge is 0.191 e. The summed E-state index contributed by atoms with van der Waals surface area (Å²) in [7, 11) is -0.0531. The summed E-state index contributed by atoms with van der Waals surface area (Å²) in [4.78, 5) is 4.48. The molecule has 0 heterocycles. The molecule has 0 unspecified atom stereocenters. The van der Waals surface area contributed by atoms with Gasteiger partial charge in [0, 0.05) is 32.8 Å². The Morgan fingerprint density at radius 2 is 1.80 bits per heavy atom. The monoisotopic (exact) mass is 547 g/mol. The minimum atomic E-state index is -3.33. The SMILES string of the molecule is CN=C(NCCS(=O)(=O)c1ccccc1)NCc1ccc(C)cc1OCCOC.I. The molecular weight excluding hydrogens is 517 g/mol. The second-order valence-electron chi connectivity index (χ2n) is 6.44. The number of nitrogens with zero attached hydrogens (tertiary/aromatic N) is 1. The molecule has 0 aliphatic carbocycles. The van der Waals surface area contributed by atoms with E-state index in [1.54, 1.807) is 44.5 Å². The fourth-order valence-electron chi connectivity index (χ4n) is 2.63. The maximum Gasteiger partial charge on any atom is 0.191 e. The Morgan fingerprint density at radius 1 is 1.07 bits per heavy atom. The lowest BCUT2D eigenvalue weighted by molar-refractivity contribution is 0.145. The fraction of sp³-hybridized carbons (Fsp3) is 0.381. The van der Waals surface area contributed by atoms with Crippen molar-refractivity contribution in [1.29, 1.82) is 0 Å². The average Bonchev–Trinajstić information content (AvgIpc) is 2.72. The van der Waals surface area contributed by atoms with E-state index in [1.165, 1.54) is 0 Å². The molecule has 2 aromatic carbocycles. The van der Waals surface area contributed by atoms with Crippen LogP contribution in [0.3, 0.4) is 0 Å². The van der Waals surface area contributed by atoms with Gasteiger partial charge in [0.25, 0.3) is 0 Å².